The summed E-state index contributed by atoms with van der Waals surface area (Å²) in [4.78, 5) is 13.5. The van der Waals surface area contributed by atoms with Crippen molar-refractivity contribution in [3.8, 4) is 0 Å². The van der Waals surface area contributed by atoms with E-state index in [9.17, 15) is 4.79 Å². The van der Waals surface area contributed by atoms with Crippen LogP contribution in [-0.2, 0) is 11.3 Å². The first-order valence-electron chi connectivity index (χ1n) is 5.94. The van der Waals surface area contributed by atoms with Gasteiger partial charge in [0.05, 0.1) is 6.54 Å². The second-order valence-corrected chi connectivity index (χ2v) is 4.76. The predicted molar refractivity (Wildman–Crippen MR) is 79.2 cm³/mol. The quantitative estimate of drug-likeness (QED) is 0.871. The largest absolute Gasteiger partial charge is 0.399 e. The minimum absolute atomic E-state index is 0.0273. The van der Waals surface area contributed by atoms with Gasteiger partial charge in [0.1, 0.15) is 0 Å². The Labute approximate surface area is 117 Å². The fraction of sp³-hybridized carbons (Fsp3) is 0.133. The Kier molecular flexibility index (Phi) is 4.07. The van der Waals surface area contributed by atoms with Crippen molar-refractivity contribution in [3.05, 3.63) is 59.1 Å². The molecule has 0 saturated heterocycles. The highest BCUT2D eigenvalue weighted by atomic mass is 35.5. The topological polar surface area (TPSA) is 46.3 Å². The van der Waals surface area contributed by atoms with E-state index in [1.54, 1.807) is 24.0 Å². The number of amides is 1. The monoisotopic (exact) mass is 274 g/mol. The van der Waals surface area contributed by atoms with Crippen LogP contribution < -0.4 is 10.6 Å². The van der Waals surface area contributed by atoms with Crippen molar-refractivity contribution in [2.45, 2.75) is 13.5 Å². The zero-order chi connectivity index (χ0) is 13.8. The van der Waals surface area contributed by atoms with Gasteiger partial charge in [-0.3, -0.25) is 4.79 Å². The molecule has 0 saturated carbocycles. The van der Waals surface area contributed by atoms with Gasteiger partial charge >= 0.3 is 0 Å². The lowest BCUT2D eigenvalue weighted by Crippen LogP contribution is -2.27. The molecule has 1 amide bonds. The average Bonchev–Trinajstić information content (AvgIpc) is 2.37. The molecule has 2 N–H and O–H groups in total. The maximum absolute atomic E-state index is 11.8. The van der Waals surface area contributed by atoms with Gasteiger partial charge in [-0.05, 0) is 35.9 Å². The predicted octanol–water partition coefficient (Wildman–Crippen LogP) is 3.48. The number of hydrogen-bond acceptors (Lipinski definition) is 2. The SMILES string of the molecule is CC(=O)N(Cc1ccc(Cl)cc1)c1cccc(N)c1. The third kappa shape index (κ3) is 3.48. The van der Waals surface area contributed by atoms with E-state index < -0.39 is 0 Å². The second-order valence-electron chi connectivity index (χ2n) is 4.33. The van der Waals surface area contributed by atoms with Crippen LogP contribution in [-0.4, -0.2) is 5.91 Å². The van der Waals surface area contributed by atoms with Crippen LogP contribution >= 0.6 is 11.6 Å². The standard InChI is InChI=1S/C15H15ClN2O/c1-11(19)18(15-4-2-3-14(17)9-15)10-12-5-7-13(16)8-6-12/h2-9H,10,17H2,1H3. The molecule has 4 heteroatoms. The lowest BCUT2D eigenvalue weighted by atomic mass is 10.2. The fourth-order valence-corrected chi connectivity index (χ4v) is 1.98. The number of carbonyl (C=O) groups excluding carboxylic acids is 1. The number of rotatable bonds is 3. The molecule has 3 nitrogen and oxygen atoms in total. The molecule has 0 unspecified atom stereocenters. The number of halogens is 1. The Balaban J connectivity index is 2.26. The molecule has 2 aromatic carbocycles. The van der Waals surface area contributed by atoms with Gasteiger partial charge in [-0.1, -0.05) is 29.8 Å². The molecule has 0 aromatic heterocycles. The Morgan fingerprint density at radius 1 is 1.21 bits per heavy atom. The van der Waals surface area contributed by atoms with Crippen molar-refractivity contribution in [2.24, 2.45) is 0 Å². The van der Waals surface area contributed by atoms with Crippen LogP contribution in [0, 0.1) is 0 Å². The van der Waals surface area contributed by atoms with E-state index in [1.165, 1.54) is 0 Å². The highest BCUT2D eigenvalue weighted by Crippen LogP contribution is 2.21. The van der Waals surface area contributed by atoms with Crippen molar-refractivity contribution in [2.75, 3.05) is 10.6 Å². The lowest BCUT2D eigenvalue weighted by molar-refractivity contribution is -0.116. The highest BCUT2D eigenvalue weighted by molar-refractivity contribution is 6.30. The van der Waals surface area contributed by atoms with Crippen LogP contribution in [0.2, 0.25) is 5.02 Å². The normalized spacial score (nSPS) is 10.2. The van der Waals surface area contributed by atoms with Gasteiger partial charge in [0.15, 0.2) is 0 Å². The average molecular weight is 275 g/mol. The van der Waals surface area contributed by atoms with E-state index in [0.717, 1.165) is 11.3 Å². The van der Waals surface area contributed by atoms with Gasteiger partial charge in [0.2, 0.25) is 5.91 Å². The molecule has 98 valence electrons. The Morgan fingerprint density at radius 3 is 2.47 bits per heavy atom. The summed E-state index contributed by atoms with van der Waals surface area (Å²) >= 11 is 5.85. The van der Waals surface area contributed by atoms with Gasteiger partial charge in [-0.15, -0.1) is 0 Å². The van der Waals surface area contributed by atoms with Crippen LogP contribution in [0.1, 0.15) is 12.5 Å². The molecule has 0 atom stereocenters. The zero-order valence-corrected chi connectivity index (χ0v) is 11.4. The number of hydrogen-bond donors (Lipinski definition) is 1. The lowest BCUT2D eigenvalue weighted by Gasteiger charge is -2.21. The van der Waals surface area contributed by atoms with Gasteiger partial charge in [-0.25, -0.2) is 0 Å². The minimum Gasteiger partial charge on any atom is -0.399 e. The first-order chi connectivity index (χ1) is 9.06. The maximum Gasteiger partial charge on any atom is 0.224 e. The van der Waals surface area contributed by atoms with Crippen molar-refractivity contribution >= 4 is 28.9 Å². The molecule has 0 aliphatic heterocycles. The third-order valence-electron chi connectivity index (χ3n) is 2.82. The first-order valence-corrected chi connectivity index (χ1v) is 6.32. The van der Waals surface area contributed by atoms with Crippen molar-refractivity contribution in [1.29, 1.82) is 0 Å². The smallest absolute Gasteiger partial charge is 0.224 e. The number of anilines is 2. The number of benzene rings is 2. The summed E-state index contributed by atoms with van der Waals surface area (Å²) in [6, 6.07) is 14.7. The van der Waals surface area contributed by atoms with E-state index in [2.05, 4.69) is 0 Å². The molecule has 2 aromatic rings. The van der Waals surface area contributed by atoms with Crippen molar-refractivity contribution in [3.63, 3.8) is 0 Å². The van der Waals surface area contributed by atoms with Crippen molar-refractivity contribution in [1.82, 2.24) is 0 Å². The summed E-state index contributed by atoms with van der Waals surface area (Å²) in [5.41, 5.74) is 8.20. The van der Waals surface area contributed by atoms with Crippen LogP contribution in [0.15, 0.2) is 48.5 Å². The Morgan fingerprint density at radius 2 is 1.89 bits per heavy atom. The van der Waals surface area contributed by atoms with Crippen LogP contribution in [0.4, 0.5) is 11.4 Å². The molecular formula is C15H15ClN2O. The molecule has 0 fully saturated rings. The molecule has 0 radical (unpaired) electrons. The number of nitrogen functional groups attached to an aromatic ring is 1. The zero-order valence-electron chi connectivity index (χ0n) is 10.6. The van der Waals surface area contributed by atoms with E-state index in [4.69, 9.17) is 17.3 Å². The van der Waals surface area contributed by atoms with Gasteiger partial charge in [0.25, 0.3) is 0 Å². The van der Waals surface area contributed by atoms with Crippen LogP contribution in [0.25, 0.3) is 0 Å². The van der Waals surface area contributed by atoms with E-state index in [0.29, 0.717) is 17.3 Å². The number of nitrogens with two attached hydrogens (primary N) is 1. The number of nitrogens with zero attached hydrogens (tertiary/aromatic N) is 1. The van der Waals surface area contributed by atoms with Crippen molar-refractivity contribution < 1.29 is 4.79 Å². The summed E-state index contributed by atoms with van der Waals surface area (Å²) in [5.74, 6) is -0.0273. The highest BCUT2D eigenvalue weighted by Gasteiger charge is 2.12. The second kappa shape index (κ2) is 5.76. The molecule has 0 bridgehead atoms. The maximum atomic E-state index is 11.8. The summed E-state index contributed by atoms with van der Waals surface area (Å²) in [5, 5.41) is 0.682. The summed E-state index contributed by atoms with van der Waals surface area (Å²) in [6.07, 6.45) is 0. The van der Waals surface area contributed by atoms with E-state index in [-0.39, 0.29) is 5.91 Å². The molecule has 2 rings (SSSR count). The summed E-state index contributed by atoms with van der Waals surface area (Å²) in [7, 11) is 0. The van der Waals surface area contributed by atoms with Crippen LogP contribution in [0.5, 0.6) is 0 Å². The first kappa shape index (κ1) is 13.4. The molecule has 0 heterocycles. The summed E-state index contributed by atoms with van der Waals surface area (Å²) < 4.78 is 0. The Hall–Kier alpha value is -2.00. The fourth-order valence-electron chi connectivity index (χ4n) is 1.85. The molecular weight excluding hydrogens is 260 g/mol. The van der Waals surface area contributed by atoms with Gasteiger partial charge in [0, 0.05) is 23.3 Å². The molecule has 0 spiro atoms. The van der Waals surface area contributed by atoms with Gasteiger partial charge < -0.3 is 10.6 Å². The Bertz CT molecular complexity index is 581. The van der Waals surface area contributed by atoms with Gasteiger partial charge in [-0.2, -0.15) is 0 Å². The summed E-state index contributed by atoms with van der Waals surface area (Å²) in [6.45, 7) is 2.04. The molecule has 0 aliphatic carbocycles. The minimum atomic E-state index is -0.0273. The van der Waals surface area contributed by atoms with E-state index in [1.807, 2.05) is 36.4 Å². The number of carbonyl (C=O) groups is 1. The third-order valence-corrected chi connectivity index (χ3v) is 3.07. The van der Waals surface area contributed by atoms with E-state index >= 15 is 0 Å². The molecule has 19 heavy (non-hydrogen) atoms. The molecule has 0 aliphatic rings. The van der Waals surface area contributed by atoms with Crippen LogP contribution in [0.3, 0.4) is 0 Å².